The Kier molecular flexibility index (Phi) is 6.60. The molecule has 112 valence electrons. The second kappa shape index (κ2) is 8.23. The Morgan fingerprint density at radius 1 is 1.25 bits per heavy atom. The van der Waals surface area contributed by atoms with Crippen LogP contribution in [0.1, 0.15) is 5.69 Å². The number of nitro groups is 1. The van der Waals surface area contributed by atoms with Crippen molar-refractivity contribution in [3.63, 3.8) is 0 Å². The summed E-state index contributed by atoms with van der Waals surface area (Å²) in [5.41, 5.74) is 0.00513. The predicted octanol–water partition coefficient (Wildman–Crippen LogP) is 0.777. The Morgan fingerprint density at radius 2 is 1.95 bits per heavy atom. The van der Waals surface area contributed by atoms with Crippen LogP contribution in [0.2, 0.25) is 0 Å². The van der Waals surface area contributed by atoms with Gasteiger partial charge in [-0.3, -0.25) is 10.1 Å². The number of nitrogens with one attached hydrogen (secondary N) is 1. The largest absolute Gasteiger partial charge is 0.470 e. The van der Waals surface area contributed by atoms with Gasteiger partial charge in [0.2, 0.25) is 5.95 Å². The van der Waals surface area contributed by atoms with Crippen LogP contribution in [0.3, 0.4) is 0 Å². The first-order valence-electron chi connectivity index (χ1n) is 6.00. The zero-order valence-electron chi connectivity index (χ0n) is 11.7. The molecular weight excluding hydrogens is 268 g/mol. The van der Waals surface area contributed by atoms with E-state index in [1.165, 1.54) is 6.92 Å². The summed E-state index contributed by atoms with van der Waals surface area (Å²) in [6.07, 6.45) is 0. The molecule has 0 saturated heterocycles. The maximum absolute atomic E-state index is 11.0. The molecule has 1 rings (SSSR count). The highest BCUT2D eigenvalue weighted by Crippen LogP contribution is 2.28. The van der Waals surface area contributed by atoms with Crippen molar-refractivity contribution in [3.05, 3.63) is 15.8 Å². The molecule has 0 bridgehead atoms. The van der Waals surface area contributed by atoms with Crippen LogP contribution < -0.4 is 10.1 Å². The summed E-state index contributed by atoms with van der Waals surface area (Å²) in [4.78, 5) is 18.3. The lowest BCUT2D eigenvalue weighted by Crippen LogP contribution is -2.13. The van der Waals surface area contributed by atoms with Crippen LogP contribution >= 0.6 is 0 Å². The smallest absolute Gasteiger partial charge is 0.352 e. The molecule has 1 aromatic rings. The van der Waals surface area contributed by atoms with Gasteiger partial charge in [0.05, 0.1) is 24.7 Å². The SMILES string of the molecule is CNc1nc(C)c([N+](=O)[O-])c(OCCOCCOC)n1. The maximum Gasteiger partial charge on any atom is 0.352 e. The van der Waals surface area contributed by atoms with Crippen LogP contribution in [-0.4, -0.2) is 55.5 Å². The van der Waals surface area contributed by atoms with Crippen molar-refractivity contribution in [2.45, 2.75) is 6.92 Å². The molecule has 0 radical (unpaired) electrons. The Balaban J connectivity index is 2.67. The van der Waals surface area contributed by atoms with Crippen molar-refractivity contribution in [1.29, 1.82) is 0 Å². The van der Waals surface area contributed by atoms with E-state index in [4.69, 9.17) is 14.2 Å². The van der Waals surface area contributed by atoms with E-state index in [1.54, 1.807) is 14.2 Å². The van der Waals surface area contributed by atoms with Crippen molar-refractivity contribution in [2.75, 3.05) is 45.9 Å². The first-order chi connectivity index (χ1) is 9.60. The molecule has 0 aliphatic carbocycles. The Labute approximate surface area is 116 Å². The Bertz CT molecular complexity index is 455. The number of rotatable bonds is 9. The van der Waals surface area contributed by atoms with Gasteiger partial charge in [-0.05, 0) is 6.92 Å². The molecule has 0 spiro atoms. The monoisotopic (exact) mass is 286 g/mol. The standard InChI is InChI=1S/C11H18N4O5/c1-8-9(15(16)17)10(14-11(12-2)13-8)20-7-6-19-5-4-18-3/h4-7H2,1-3H3,(H,12,13,14). The lowest BCUT2D eigenvalue weighted by atomic mass is 10.3. The quantitative estimate of drug-likeness (QED) is 0.403. The summed E-state index contributed by atoms with van der Waals surface area (Å²) in [6, 6.07) is 0. The average Bonchev–Trinajstić information content (AvgIpc) is 2.41. The third kappa shape index (κ3) is 4.59. The van der Waals surface area contributed by atoms with Gasteiger partial charge in [0.1, 0.15) is 12.3 Å². The van der Waals surface area contributed by atoms with E-state index in [9.17, 15) is 10.1 Å². The lowest BCUT2D eigenvalue weighted by molar-refractivity contribution is -0.387. The molecular formula is C11H18N4O5. The highest BCUT2D eigenvalue weighted by molar-refractivity contribution is 5.48. The van der Waals surface area contributed by atoms with Gasteiger partial charge in [0.15, 0.2) is 0 Å². The van der Waals surface area contributed by atoms with Crippen molar-refractivity contribution < 1.29 is 19.1 Å². The van der Waals surface area contributed by atoms with E-state index < -0.39 is 4.92 Å². The van der Waals surface area contributed by atoms with Crippen LogP contribution in [-0.2, 0) is 9.47 Å². The minimum Gasteiger partial charge on any atom is -0.470 e. The summed E-state index contributed by atoms with van der Waals surface area (Å²) >= 11 is 0. The second-order valence-corrected chi connectivity index (χ2v) is 3.75. The van der Waals surface area contributed by atoms with Crippen LogP contribution in [0.4, 0.5) is 11.6 Å². The molecule has 0 unspecified atom stereocenters. The fourth-order valence-corrected chi connectivity index (χ4v) is 1.40. The fraction of sp³-hybridized carbons (Fsp3) is 0.636. The van der Waals surface area contributed by atoms with E-state index in [0.29, 0.717) is 19.8 Å². The van der Waals surface area contributed by atoms with Gasteiger partial charge in [0.25, 0.3) is 5.88 Å². The number of hydrogen-bond donors (Lipinski definition) is 1. The number of ether oxygens (including phenoxy) is 3. The van der Waals surface area contributed by atoms with E-state index >= 15 is 0 Å². The number of aryl methyl sites for hydroxylation is 1. The normalized spacial score (nSPS) is 10.3. The van der Waals surface area contributed by atoms with Crippen molar-refractivity contribution in [2.24, 2.45) is 0 Å². The third-order valence-electron chi connectivity index (χ3n) is 2.33. The van der Waals surface area contributed by atoms with Crippen LogP contribution in [0.25, 0.3) is 0 Å². The van der Waals surface area contributed by atoms with E-state index in [2.05, 4.69) is 15.3 Å². The predicted molar refractivity (Wildman–Crippen MR) is 71.2 cm³/mol. The zero-order chi connectivity index (χ0) is 15.0. The van der Waals surface area contributed by atoms with Gasteiger partial charge < -0.3 is 19.5 Å². The molecule has 0 aliphatic heterocycles. The molecule has 0 saturated carbocycles. The zero-order valence-corrected chi connectivity index (χ0v) is 11.7. The van der Waals surface area contributed by atoms with Crippen molar-refractivity contribution in [3.8, 4) is 5.88 Å². The topological polar surface area (TPSA) is 109 Å². The molecule has 9 heteroatoms. The Hall–Kier alpha value is -2.00. The van der Waals surface area contributed by atoms with E-state index in [-0.39, 0.29) is 29.8 Å². The van der Waals surface area contributed by atoms with Gasteiger partial charge in [-0.25, -0.2) is 4.98 Å². The number of aromatic nitrogens is 2. The highest BCUT2D eigenvalue weighted by atomic mass is 16.6. The van der Waals surface area contributed by atoms with Crippen LogP contribution in [0.5, 0.6) is 5.88 Å². The van der Waals surface area contributed by atoms with Gasteiger partial charge in [-0.15, -0.1) is 0 Å². The Morgan fingerprint density at radius 3 is 2.55 bits per heavy atom. The summed E-state index contributed by atoms with van der Waals surface area (Å²) in [5.74, 6) is 0.200. The maximum atomic E-state index is 11.0. The summed E-state index contributed by atoms with van der Waals surface area (Å²) in [5, 5.41) is 13.7. The molecule has 0 amide bonds. The van der Waals surface area contributed by atoms with Gasteiger partial charge in [-0.1, -0.05) is 0 Å². The molecule has 20 heavy (non-hydrogen) atoms. The average molecular weight is 286 g/mol. The third-order valence-corrected chi connectivity index (χ3v) is 2.33. The first-order valence-corrected chi connectivity index (χ1v) is 6.00. The minimum absolute atomic E-state index is 0.0674. The minimum atomic E-state index is -0.560. The van der Waals surface area contributed by atoms with Gasteiger partial charge in [0, 0.05) is 14.2 Å². The number of nitrogens with zero attached hydrogens (tertiary/aromatic N) is 3. The van der Waals surface area contributed by atoms with Crippen LogP contribution in [0, 0.1) is 17.0 Å². The second-order valence-electron chi connectivity index (χ2n) is 3.75. The van der Waals surface area contributed by atoms with Crippen LogP contribution in [0.15, 0.2) is 0 Å². The molecule has 1 N–H and O–H groups in total. The highest BCUT2D eigenvalue weighted by Gasteiger charge is 2.23. The number of hydrogen-bond acceptors (Lipinski definition) is 8. The van der Waals surface area contributed by atoms with Crippen molar-refractivity contribution >= 4 is 11.6 Å². The number of methoxy groups -OCH3 is 1. The molecule has 1 aromatic heterocycles. The summed E-state index contributed by atoms with van der Waals surface area (Å²) in [7, 11) is 3.20. The molecule has 9 nitrogen and oxygen atoms in total. The molecule has 1 heterocycles. The molecule has 0 aliphatic rings. The van der Waals surface area contributed by atoms with Gasteiger partial charge >= 0.3 is 5.69 Å². The molecule has 0 aromatic carbocycles. The van der Waals surface area contributed by atoms with Crippen molar-refractivity contribution in [1.82, 2.24) is 9.97 Å². The van der Waals surface area contributed by atoms with E-state index in [0.717, 1.165) is 0 Å². The summed E-state index contributed by atoms with van der Waals surface area (Å²) < 4.78 is 15.3. The lowest BCUT2D eigenvalue weighted by Gasteiger charge is -2.09. The molecule has 0 fully saturated rings. The van der Waals surface area contributed by atoms with Gasteiger partial charge in [-0.2, -0.15) is 4.98 Å². The first kappa shape index (κ1) is 16.1. The fourth-order valence-electron chi connectivity index (χ4n) is 1.40. The number of anilines is 1. The summed E-state index contributed by atoms with van der Waals surface area (Å²) in [6.45, 7) is 2.90. The van der Waals surface area contributed by atoms with E-state index in [1.807, 2.05) is 0 Å². The molecule has 0 atom stereocenters.